The van der Waals surface area contributed by atoms with Gasteiger partial charge in [0.15, 0.2) is 0 Å². The number of aromatic nitrogens is 1. The summed E-state index contributed by atoms with van der Waals surface area (Å²) in [6.45, 7) is 6.16. The number of rotatable bonds is 8. The van der Waals surface area contributed by atoms with E-state index in [1.54, 1.807) is 12.4 Å². The van der Waals surface area contributed by atoms with Crippen LogP contribution in [0.3, 0.4) is 0 Å². The minimum atomic E-state index is -3.21. The highest BCUT2D eigenvalue weighted by Crippen LogP contribution is 2.21. The molecule has 0 saturated carbocycles. The van der Waals surface area contributed by atoms with Gasteiger partial charge in [-0.25, -0.2) is 13.1 Å². The summed E-state index contributed by atoms with van der Waals surface area (Å²) < 4.78 is 26.9. The predicted molar refractivity (Wildman–Crippen MR) is 78.3 cm³/mol. The number of nitrogens with zero attached hydrogens (tertiary/aromatic N) is 1. The number of nitrogens with one attached hydrogen (secondary N) is 1. The summed E-state index contributed by atoms with van der Waals surface area (Å²) in [4.78, 5) is 4.07. The number of hydrogen-bond acceptors (Lipinski definition) is 3. The Hall–Kier alpha value is -0.940. The van der Waals surface area contributed by atoms with E-state index in [2.05, 4.69) is 23.6 Å². The highest BCUT2D eigenvalue weighted by molar-refractivity contribution is 7.89. The van der Waals surface area contributed by atoms with Crippen LogP contribution in [0.4, 0.5) is 0 Å². The Labute approximate surface area is 116 Å². The van der Waals surface area contributed by atoms with Gasteiger partial charge in [-0.3, -0.25) is 4.98 Å². The largest absolute Gasteiger partial charge is 0.264 e. The first-order chi connectivity index (χ1) is 8.94. The molecule has 0 aliphatic carbocycles. The molecule has 0 amide bonds. The van der Waals surface area contributed by atoms with Gasteiger partial charge < -0.3 is 0 Å². The Balaban J connectivity index is 2.81. The topological polar surface area (TPSA) is 59.1 Å². The summed E-state index contributed by atoms with van der Waals surface area (Å²) in [5.41, 5.74) is 0.927. The Morgan fingerprint density at radius 2 is 2.11 bits per heavy atom. The molecule has 1 N–H and O–H groups in total. The number of unbranched alkanes of at least 4 members (excludes halogenated alkanes) is 1. The molecule has 1 aromatic rings. The van der Waals surface area contributed by atoms with Crippen LogP contribution in [-0.4, -0.2) is 19.2 Å². The van der Waals surface area contributed by atoms with Crippen molar-refractivity contribution in [2.45, 2.75) is 46.1 Å². The molecule has 108 valence electrons. The Bertz CT molecular complexity index is 458. The van der Waals surface area contributed by atoms with Crippen LogP contribution in [-0.2, 0) is 10.0 Å². The van der Waals surface area contributed by atoms with E-state index in [9.17, 15) is 8.42 Å². The molecule has 4 nitrogen and oxygen atoms in total. The van der Waals surface area contributed by atoms with Crippen molar-refractivity contribution in [1.29, 1.82) is 0 Å². The molecule has 1 unspecified atom stereocenters. The highest BCUT2D eigenvalue weighted by atomic mass is 32.2. The van der Waals surface area contributed by atoms with Gasteiger partial charge in [0.05, 0.1) is 5.75 Å². The van der Waals surface area contributed by atoms with Crippen LogP contribution in [0.25, 0.3) is 0 Å². The van der Waals surface area contributed by atoms with Crippen molar-refractivity contribution < 1.29 is 8.42 Å². The van der Waals surface area contributed by atoms with Crippen molar-refractivity contribution in [2.24, 2.45) is 5.92 Å². The molecule has 0 bridgehead atoms. The van der Waals surface area contributed by atoms with E-state index in [0.717, 1.165) is 18.4 Å². The first-order valence-electron chi connectivity index (χ1n) is 6.84. The Kier molecular flexibility index (Phi) is 6.45. The Morgan fingerprint density at radius 3 is 2.63 bits per heavy atom. The quantitative estimate of drug-likeness (QED) is 0.798. The van der Waals surface area contributed by atoms with Crippen molar-refractivity contribution in [3.8, 4) is 0 Å². The van der Waals surface area contributed by atoms with E-state index < -0.39 is 10.0 Å². The van der Waals surface area contributed by atoms with Crippen molar-refractivity contribution in [3.63, 3.8) is 0 Å². The molecule has 0 aliphatic heterocycles. The standard InChI is InChI=1S/C14H24N2O2S/c1-4-5-9-19(17,18)16-14(10-12(2)3)13-7-6-8-15-11-13/h6-8,11-12,14,16H,4-5,9-10H2,1-3H3. The van der Waals surface area contributed by atoms with Crippen LogP contribution in [0.5, 0.6) is 0 Å². The summed E-state index contributed by atoms with van der Waals surface area (Å²) in [5.74, 6) is 0.609. The average molecular weight is 284 g/mol. The third-order valence-corrected chi connectivity index (χ3v) is 4.35. The minimum Gasteiger partial charge on any atom is -0.264 e. The lowest BCUT2D eigenvalue weighted by atomic mass is 9.99. The summed E-state index contributed by atoms with van der Waals surface area (Å²) in [6, 6.07) is 3.57. The first kappa shape index (κ1) is 16.1. The molecule has 1 aromatic heterocycles. The molecule has 19 heavy (non-hydrogen) atoms. The summed E-state index contributed by atoms with van der Waals surface area (Å²) in [5, 5.41) is 0. The number of sulfonamides is 1. The molecule has 0 aromatic carbocycles. The lowest BCUT2D eigenvalue weighted by molar-refractivity contribution is 0.470. The SMILES string of the molecule is CCCCS(=O)(=O)NC(CC(C)C)c1cccnc1. The maximum absolute atomic E-state index is 12.0. The van der Waals surface area contributed by atoms with Gasteiger partial charge in [-0.15, -0.1) is 0 Å². The number of pyridine rings is 1. The third kappa shape index (κ3) is 6.16. The van der Waals surface area contributed by atoms with Gasteiger partial charge in [0.2, 0.25) is 10.0 Å². The van der Waals surface area contributed by atoms with Gasteiger partial charge in [0.1, 0.15) is 0 Å². The van der Waals surface area contributed by atoms with E-state index in [-0.39, 0.29) is 11.8 Å². The lowest BCUT2D eigenvalue weighted by Crippen LogP contribution is -2.31. The van der Waals surface area contributed by atoms with E-state index in [0.29, 0.717) is 12.3 Å². The molecule has 0 radical (unpaired) electrons. The first-order valence-corrected chi connectivity index (χ1v) is 8.49. The van der Waals surface area contributed by atoms with Crippen molar-refractivity contribution in [1.82, 2.24) is 9.71 Å². The summed E-state index contributed by atoms with van der Waals surface area (Å²) in [6.07, 6.45) is 5.77. The molecule has 0 aliphatic rings. The van der Waals surface area contributed by atoms with Crippen LogP contribution in [0.1, 0.15) is 51.6 Å². The Morgan fingerprint density at radius 1 is 1.37 bits per heavy atom. The zero-order valence-corrected chi connectivity index (χ0v) is 12.8. The third-order valence-electron chi connectivity index (χ3n) is 2.88. The monoisotopic (exact) mass is 284 g/mol. The summed E-state index contributed by atoms with van der Waals surface area (Å²) in [7, 11) is -3.21. The van der Waals surface area contributed by atoms with E-state index in [1.165, 1.54) is 0 Å². The van der Waals surface area contributed by atoms with Crippen molar-refractivity contribution in [3.05, 3.63) is 30.1 Å². The maximum atomic E-state index is 12.0. The second-order valence-electron chi connectivity index (χ2n) is 5.26. The second kappa shape index (κ2) is 7.60. The van der Waals surface area contributed by atoms with Crippen LogP contribution in [0, 0.1) is 5.92 Å². The average Bonchev–Trinajstić information content (AvgIpc) is 2.36. The van der Waals surface area contributed by atoms with Crippen LogP contribution in [0.15, 0.2) is 24.5 Å². The second-order valence-corrected chi connectivity index (χ2v) is 7.13. The smallest absolute Gasteiger partial charge is 0.212 e. The molecular formula is C14H24N2O2S. The van der Waals surface area contributed by atoms with Crippen LogP contribution in [0.2, 0.25) is 0 Å². The van der Waals surface area contributed by atoms with E-state index >= 15 is 0 Å². The predicted octanol–water partition coefficient (Wildman–Crippen LogP) is 2.89. The van der Waals surface area contributed by atoms with Gasteiger partial charge in [-0.2, -0.15) is 0 Å². The molecule has 0 spiro atoms. The van der Waals surface area contributed by atoms with Crippen molar-refractivity contribution in [2.75, 3.05) is 5.75 Å². The van der Waals surface area contributed by atoms with Gasteiger partial charge in [0.25, 0.3) is 0 Å². The molecule has 1 rings (SSSR count). The fourth-order valence-electron chi connectivity index (χ4n) is 1.92. The molecule has 0 fully saturated rings. The fourth-order valence-corrected chi connectivity index (χ4v) is 3.37. The molecule has 1 heterocycles. The molecule has 5 heteroatoms. The normalized spacial score (nSPS) is 13.7. The zero-order valence-electron chi connectivity index (χ0n) is 12.0. The van der Waals surface area contributed by atoms with Crippen LogP contribution >= 0.6 is 0 Å². The van der Waals surface area contributed by atoms with Crippen molar-refractivity contribution >= 4 is 10.0 Å². The van der Waals surface area contributed by atoms with Gasteiger partial charge in [0, 0.05) is 18.4 Å². The van der Waals surface area contributed by atoms with Crippen LogP contribution < -0.4 is 4.72 Å². The van der Waals surface area contributed by atoms with Gasteiger partial charge in [-0.1, -0.05) is 33.3 Å². The zero-order chi connectivity index (χ0) is 14.3. The molecule has 1 atom stereocenters. The minimum absolute atomic E-state index is 0.185. The molecule has 0 saturated heterocycles. The van der Waals surface area contributed by atoms with Gasteiger partial charge in [-0.05, 0) is 30.4 Å². The summed E-state index contributed by atoms with van der Waals surface area (Å²) >= 11 is 0. The fraction of sp³-hybridized carbons (Fsp3) is 0.643. The van der Waals surface area contributed by atoms with E-state index in [4.69, 9.17) is 0 Å². The lowest BCUT2D eigenvalue weighted by Gasteiger charge is -2.20. The number of hydrogen-bond donors (Lipinski definition) is 1. The van der Waals surface area contributed by atoms with Gasteiger partial charge >= 0.3 is 0 Å². The van der Waals surface area contributed by atoms with E-state index in [1.807, 2.05) is 19.1 Å². The molecular weight excluding hydrogens is 260 g/mol. The highest BCUT2D eigenvalue weighted by Gasteiger charge is 2.20. The maximum Gasteiger partial charge on any atom is 0.212 e.